The van der Waals surface area contributed by atoms with E-state index in [9.17, 15) is 4.79 Å². The first-order chi connectivity index (χ1) is 9.19. The van der Waals surface area contributed by atoms with Gasteiger partial charge in [0.25, 0.3) is 0 Å². The molecule has 2 rings (SSSR count). The van der Waals surface area contributed by atoms with Gasteiger partial charge in [-0.15, -0.1) is 0 Å². The molecule has 0 radical (unpaired) electrons. The lowest BCUT2D eigenvalue weighted by atomic mass is 9.97. The molecular weight excluding hydrogens is 308 g/mol. The van der Waals surface area contributed by atoms with Gasteiger partial charge >= 0.3 is 5.97 Å². The molecule has 0 bridgehead atoms. The van der Waals surface area contributed by atoms with E-state index >= 15 is 0 Å². The Morgan fingerprint density at radius 3 is 2.79 bits per heavy atom. The van der Waals surface area contributed by atoms with Crippen molar-refractivity contribution in [1.82, 2.24) is 9.88 Å². The number of carbonyl (C=O) groups is 1. The second kappa shape index (κ2) is 7.01. The van der Waals surface area contributed by atoms with Gasteiger partial charge in [0, 0.05) is 12.7 Å². The first-order valence-electron chi connectivity index (χ1n) is 6.68. The molecule has 104 valence electrons. The van der Waals surface area contributed by atoms with Crippen molar-refractivity contribution in [2.75, 3.05) is 19.7 Å². The molecule has 4 nitrogen and oxygen atoms in total. The number of hydrogen-bond donors (Lipinski definition) is 0. The van der Waals surface area contributed by atoms with Crippen molar-refractivity contribution in [2.45, 2.75) is 26.3 Å². The van der Waals surface area contributed by atoms with E-state index in [1.54, 1.807) is 0 Å². The average Bonchev–Trinajstić information content (AvgIpc) is 2.42. The van der Waals surface area contributed by atoms with Crippen LogP contribution in [0.5, 0.6) is 0 Å². The number of hydrogen-bond acceptors (Lipinski definition) is 4. The van der Waals surface area contributed by atoms with Gasteiger partial charge in [0.2, 0.25) is 0 Å². The van der Waals surface area contributed by atoms with Crippen LogP contribution in [-0.2, 0) is 16.1 Å². The topological polar surface area (TPSA) is 42.4 Å². The highest BCUT2D eigenvalue weighted by atomic mass is 79.9. The maximum atomic E-state index is 11.6. The van der Waals surface area contributed by atoms with E-state index < -0.39 is 0 Å². The Bertz CT molecular complexity index is 414. The van der Waals surface area contributed by atoms with Crippen LogP contribution in [0.15, 0.2) is 22.9 Å². The lowest BCUT2D eigenvalue weighted by Crippen LogP contribution is -2.36. The van der Waals surface area contributed by atoms with Gasteiger partial charge in [0.05, 0.1) is 12.5 Å². The van der Waals surface area contributed by atoms with E-state index in [-0.39, 0.29) is 11.9 Å². The summed E-state index contributed by atoms with van der Waals surface area (Å²) in [5, 5.41) is 0. The maximum Gasteiger partial charge on any atom is 0.309 e. The molecule has 0 aromatic carbocycles. The van der Waals surface area contributed by atoms with Gasteiger partial charge in [-0.2, -0.15) is 0 Å². The van der Waals surface area contributed by atoms with E-state index in [0.717, 1.165) is 37.1 Å². The molecule has 1 fully saturated rings. The quantitative estimate of drug-likeness (QED) is 0.630. The average molecular weight is 327 g/mol. The van der Waals surface area contributed by atoms with Crippen molar-refractivity contribution in [1.29, 1.82) is 0 Å². The minimum atomic E-state index is -0.0348. The monoisotopic (exact) mass is 326 g/mol. The van der Waals surface area contributed by atoms with Gasteiger partial charge in [0.15, 0.2) is 0 Å². The Hall–Kier alpha value is -0.940. The molecule has 5 heteroatoms. The van der Waals surface area contributed by atoms with Gasteiger partial charge in [-0.25, -0.2) is 4.98 Å². The van der Waals surface area contributed by atoms with Crippen LogP contribution in [0.2, 0.25) is 0 Å². The molecule has 0 unspecified atom stereocenters. The molecule has 0 spiro atoms. The van der Waals surface area contributed by atoms with Crippen molar-refractivity contribution in [3.63, 3.8) is 0 Å². The van der Waals surface area contributed by atoms with E-state index in [1.807, 2.05) is 19.2 Å². The SMILES string of the molecule is CCOC(=O)C1CCN(Cc2ccc(Br)nc2)CC1. The van der Waals surface area contributed by atoms with E-state index in [1.165, 1.54) is 5.56 Å². The van der Waals surface area contributed by atoms with Crippen LogP contribution in [-0.4, -0.2) is 35.5 Å². The molecule has 0 atom stereocenters. The summed E-state index contributed by atoms with van der Waals surface area (Å²) in [4.78, 5) is 18.2. The van der Waals surface area contributed by atoms with Crippen molar-refractivity contribution in [3.8, 4) is 0 Å². The maximum absolute atomic E-state index is 11.6. The van der Waals surface area contributed by atoms with Crippen LogP contribution in [0.3, 0.4) is 0 Å². The smallest absolute Gasteiger partial charge is 0.309 e. The normalized spacial score (nSPS) is 17.4. The van der Waals surface area contributed by atoms with Gasteiger partial charge < -0.3 is 4.74 Å². The van der Waals surface area contributed by atoms with Crippen LogP contribution >= 0.6 is 15.9 Å². The van der Waals surface area contributed by atoms with Gasteiger partial charge in [-0.3, -0.25) is 9.69 Å². The number of aromatic nitrogens is 1. The first kappa shape index (κ1) is 14.5. The lowest BCUT2D eigenvalue weighted by molar-refractivity contribution is -0.149. The molecule has 0 saturated carbocycles. The predicted molar refractivity (Wildman–Crippen MR) is 76.6 cm³/mol. The Morgan fingerprint density at radius 1 is 1.47 bits per heavy atom. The second-order valence-corrected chi connectivity index (χ2v) is 5.60. The molecule has 19 heavy (non-hydrogen) atoms. The molecule has 0 aliphatic carbocycles. The van der Waals surface area contributed by atoms with Gasteiger partial charge in [-0.05, 0) is 60.4 Å². The zero-order valence-corrected chi connectivity index (χ0v) is 12.7. The molecule has 2 heterocycles. The highest BCUT2D eigenvalue weighted by molar-refractivity contribution is 9.10. The third kappa shape index (κ3) is 4.28. The number of piperidine rings is 1. The van der Waals surface area contributed by atoms with E-state index in [0.29, 0.717) is 6.61 Å². The number of likely N-dealkylation sites (tertiary alicyclic amines) is 1. The summed E-state index contributed by atoms with van der Waals surface area (Å²) in [6, 6.07) is 4.04. The molecular formula is C14H19BrN2O2. The first-order valence-corrected chi connectivity index (χ1v) is 7.47. The highest BCUT2D eigenvalue weighted by Crippen LogP contribution is 2.20. The van der Waals surface area contributed by atoms with Gasteiger partial charge in [-0.1, -0.05) is 6.07 Å². The zero-order chi connectivity index (χ0) is 13.7. The minimum absolute atomic E-state index is 0.0348. The summed E-state index contributed by atoms with van der Waals surface area (Å²) in [5.41, 5.74) is 1.21. The fraction of sp³-hybridized carbons (Fsp3) is 0.571. The molecule has 1 aromatic rings. The number of pyridine rings is 1. The molecule has 1 saturated heterocycles. The van der Waals surface area contributed by atoms with Crippen molar-refractivity contribution in [2.24, 2.45) is 5.92 Å². The largest absolute Gasteiger partial charge is 0.466 e. The Morgan fingerprint density at radius 2 is 2.21 bits per heavy atom. The Kier molecular flexibility index (Phi) is 5.34. The highest BCUT2D eigenvalue weighted by Gasteiger charge is 2.25. The van der Waals surface area contributed by atoms with Crippen LogP contribution in [0, 0.1) is 5.92 Å². The van der Waals surface area contributed by atoms with Gasteiger partial charge in [0.1, 0.15) is 4.60 Å². The predicted octanol–water partition coefficient (Wildman–Crippen LogP) is 2.62. The number of halogens is 1. The van der Waals surface area contributed by atoms with E-state index in [4.69, 9.17) is 4.74 Å². The third-order valence-electron chi connectivity index (χ3n) is 3.40. The summed E-state index contributed by atoms with van der Waals surface area (Å²) < 4.78 is 5.93. The Labute approximate surface area is 122 Å². The van der Waals surface area contributed by atoms with Crippen LogP contribution in [0.4, 0.5) is 0 Å². The molecule has 1 aliphatic rings. The zero-order valence-electron chi connectivity index (χ0n) is 11.1. The van der Waals surface area contributed by atoms with Crippen molar-refractivity contribution >= 4 is 21.9 Å². The summed E-state index contributed by atoms with van der Waals surface area (Å²) >= 11 is 3.33. The fourth-order valence-corrected chi connectivity index (χ4v) is 2.58. The third-order valence-corrected chi connectivity index (χ3v) is 3.87. The summed E-state index contributed by atoms with van der Waals surface area (Å²) in [7, 11) is 0. The molecule has 1 aromatic heterocycles. The second-order valence-electron chi connectivity index (χ2n) is 4.79. The lowest BCUT2D eigenvalue weighted by Gasteiger charge is -2.30. The number of rotatable bonds is 4. The number of esters is 1. The minimum Gasteiger partial charge on any atom is -0.466 e. The van der Waals surface area contributed by atoms with Crippen molar-refractivity contribution in [3.05, 3.63) is 28.5 Å². The van der Waals surface area contributed by atoms with Crippen LogP contribution < -0.4 is 0 Å². The fourth-order valence-electron chi connectivity index (χ4n) is 2.35. The molecule has 1 aliphatic heterocycles. The molecule has 0 N–H and O–H groups in total. The summed E-state index contributed by atoms with van der Waals surface area (Å²) in [6.45, 7) is 5.12. The molecule has 0 amide bonds. The van der Waals surface area contributed by atoms with E-state index in [2.05, 4.69) is 31.9 Å². The Balaban J connectivity index is 1.80. The number of ether oxygens (including phenoxy) is 1. The van der Waals surface area contributed by atoms with Crippen LogP contribution in [0.25, 0.3) is 0 Å². The number of carbonyl (C=O) groups excluding carboxylic acids is 1. The summed E-state index contributed by atoms with van der Waals surface area (Å²) in [5.74, 6) is 0.0479. The standard InChI is InChI=1S/C14H19BrN2O2/c1-2-19-14(18)12-5-7-17(8-6-12)10-11-3-4-13(15)16-9-11/h3-4,9,12H,2,5-8,10H2,1H3. The van der Waals surface area contributed by atoms with Crippen LogP contribution in [0.1, 0.15) is 25.3 Å². The summed E-state index contributed by atoms with van der Waals surface area (Å²) in [6.07, 6.45) is 3.67. The van der Waals surface area contributed by atoms with Crippen molar-refractivity contribution < 1.29 is 9.53 Å². The number of nitrogens with zero attached hydrogens (tertiary/aromatic N) is 2.